The van der Waals surface area contributed by atoms with E-state index in [1.54, 1.807) is 6.07 Å². The molecule has 2 heterocycles. The lowest BCUT2D eigenvalue weighted by atomic mass is 10.2. The number of hydrogen-bond acceptors (Lipinski definition) is 3. The molecule has 0 aliphatic carbocycles. The quantitative estimate of drug-likeness (QED) is 0.786. The molecule has 106 valence electrons. The van der Waals surface area contributed by atoms with E-state index in [0.717, 1.165) is 11.3 Å². The molecule has 0 bridgehead atoms. The van der Waals surface area contributed by atoms with E-state index in [1.165, 1.54) is 12.1 Å². The number of ether oxygens (including phenoxy) is 1. The molecular formula is C15H11BrN2O3. The van der Waals surface area contributed by atoms with Gasteiger partial charge in [0.1, 0.15) is 18.0 Å². The summed E-state index contributed by atoms with van der Waals surface area (Å²) in [6.07, 6.45) is 3.82. The molecule has 1 aromatic carbocycles. The Morgan fingerprint density at radius 3 is 2.90 bits per heavy atom. The first-order chi connectivity index (χ1) is 10.1. The van der Waals surface area contributed by atoms with Crippen molar-refractivity contribution in [1.29, 1.82) is 0 Å². The molecule has 6 heteroatoms. The van der Waals surface area contributed by atoms with E-state index in [-0.39, 0.29) is 5.56 Å². The molecule has 0 saturated carbocycles. The average molecular weight is 347 g/mol. The number of imidazole rings is 1. The van der Waals surface area contributed by atoms with E-state index in [1.807, 2.05) is 35.0 Å². The highest BCUT2D eigenvalue weighted by molar-refractivity contribution is 9.10. The van der Waals surface area contributed by atoms with Crippen LogP contribution in [0.3, 0.4) is 0 Å². The molecule has 21 heavy (non-hydrogen) atoms. The molecule has 2 aromatic heterocycles. The standard InChI is InChI=1S/C15H11BrN2O3/c16-12-7-10(15(19)20)4-5-13(12)21-9-11-8-18-6-2-1-3-14(18)17-11/h1-8H,9H2,(H,19,20). The first-order valence-electron chi connectivity index (χ1n) is 6.22. The van der Waals surface area contributed by atoms with Crippen molar-refractivity contribution in [3.8, 4) is 5.75 Å². The Kier molecular flexibility index (Phi) is 3.62. The smallest absolute Gasteiger partial charge is 0.335 e. The Balaban J connectivity index is 1.76. The predicted molar refractivity (Wildman–Crippen MR) is 80.6 cm³/mol. The summed E-state index contributed by atoms with van der Waals surface area (Å²) in [5.41, 5.74) is 1.87. The fourth-order valence-electron chi connectivity index (χ4n) is 1.96. The second-order valence-electron chi connectivity index (χ2n) is 4.44. The van der Waals surface area contributed by atoms with Crippen LogP contribution in [0.4, 0.5) is 0 Å². The first-order valence-corrected chi connectivity index (χ1v) is 7.01. The highest BCUT2D eigenvalue weighted by atomic mass is 79.9. The van der Waals surface area contributed by atoms with E-state index < -0.39 is 5.97 Å². The minimum atomic E-state index is -0.970. The summed E-state index contributed by atoms with van der Waals surface area (Å²) < 4.78 is 8.19. The third-order valence-corrected chi connectivity index (χ3v) is 3.59. The molecule has 0 amide bonds. The number of rotatable bonds is 4. The number of nitrogens with zero attached hydrogens (tertiary/aromatic N) is 2. The number of fused-ring (bicyclic) bond motifs is 1. The van der Waals surface area contributed by atoms with Crippen LogP contribution < -0.4 is 4.74 Å². The number of hydrogen-bond donors (Lipinski definition) is 1. The summed E-state index contributed by atoms with van der Waals surface area (Å²) in [5.74, 6) is -0.389. The fraction of sp³-hybridized carbons (Fsp3) is 0.0667. The van der Waals surface area contributed by atoms with Crippen molar-refractivity contribution in [1.82, 2.24) is 9.38 Å². The zero-order chi connectivity index (χ0) is 14.8. The fourth-order valence-corrected chi connectivity index (χ4v) is 2.45. The molecular weight excluding hydrogens is 336 g/mol. The molecule has 0 aliphatic heterocycles. The molecule has 0 spiro atoms. The molecule has 0 aliphatic rings. The molecule has 0 fully saturated rings. The third kappa shape index (κ3) is 2.90. The third-order valence-electron chi connectivity index (χ3n) is 2.97. The molecule has 0 saturated heterocycles. The van der Waals surface area contributed by atoms with E-state index >= 15 is 0 Å². The van der Waals surface area contributed by atoms with Crippen LogP contribution in [0, 0.1) is 0 Å². The Bertz CT molecular complexity index is 781. The van der Waals surface area contributed by atoms with Crippen molar-refractivity contribution in [2.75, 3.05) is 0 Å². The van der Waals surface area contributed by atoms with Crippen LogP contribution in [-0.4, -0.2) is 20.5 Å². The maximum absolute atomic E-state index is 10.9. The number of carboxylic acid groups (broad SMARTS) is 1. The van der Waals surface area contributed by atoms with Crippen molar-refractivity contribution < 1.29 is 14.6 Å². The van der Waals surface area contributed by atoms with Crippen LogP contribution in [0.1, 0.15) is 16.1 Å². The molecule has 5 nitrogen and oxygen atoms in total. The Labute approximate surface area is 128 Å². The summed E-state index contributed by atoms with van der Waals surface area (Å²) in [5, 5.41) is 8.91. The monoisotopic (exact) mass is 346 g/mol. The van der Waals surface area contributed by atoms with Crippen molar-refractivity contribution in [2.45, 2.75) is 6.61 Å². The topological polar surface area (TPSA) is 63.8 Å². The van der Waals surface area contributed by atoms with Crippen LogP contribution in [0.2, 0.25) is 0 Å². The maximum Gasteiger partial charge on any atom is 0.335 e. The van der Waals surface area contributed by atoms with Crippen LogP contribution >= 0.6 is 15.9 Å². The number of pyridine rings is 1. The van der Waals surface area contributed by atoms with Crippen molar-refractivity contribution in [3.63, 3.8) is 0 Å². The van der Waals surface area contributed by atoms with Gasteiger partial charge in [0.2, 0.25) is 0 Å². The number of carbonyl (C=O) groups is 1. The number of benzene rings is 1. The van der Waals surface area contributed by atoms with Crippen molar-refractivity contribution >= 4 is 27.5 Å². The van der Waals surface area contributed by atoms with E-state index in [0.29, 0.717) is 16.8 Å². The van der Waals surface area contributed by atoms with E-state index in [4.69, 9.17) is 9.84 Å². The molecule has 0 atom stereocenters. The van der Waals surface area contributed by atoms with Crippen molar-refractivity contribution in [2.24, 2.45) is 0 Å². The zero-order valence-corrected chi connectivity index (χ0v) is 12.4. The summed E-state index contributed by atoms with van der Waals surface area (Å²) >= 11 is 3.31. The number of aromatic nitrogens is 2. The molecule has 3 rings (SSSR count). The molecule has 0 unspecified atom stereocenters. The summed E-state index contributed by atoms with van der Waals surface area (Å²) in [7, 11) is 0. The normalized spacial score (nSPS) is 10.7. The van der Waals surface area contributed by atoms with Gasteiger partial charge in [-0.2, -0.15) is 0 Å². The van der Waals surface area contributed by atoms with Gasteiger partial charge in [-0.25, -0.2) is 9.78 Å². The van der Waals surface area contributed by atoms with Crippen LogP contribution in [0.15, 0.2) is 53.3 Å². The minimum absolute atomic E-state index is 0.210. The first kappa shape index (κ1) is 13.6. The number of halogens is 1. The number of carboxylic acids is 1. The van der Waals surface area contributed by atoms with Gasteiger partial charge in [-0.05, 0) is 46.3 Å². The average Bonchev–Trinajstić information content (AvgIpc) is 2.88. The number of aromatic carboxylic acids is 1. The van der Waals surface area contributed by atoms with Crippen LogP contribution in [-0.2, 0) is 6.61 Å². The largest absolute Gasteiger partial charge is 0.486 e. The Morgan fingerprint density at radius 2 is 2.19 bits per heavy atom. The molecule has 0 radical (unpaired) electrons. The van der Waals surface area contributed by atoms with Gasteiger partial charge in [-0.15, -0.1) is 0 Å². The lowest BCUT2D eigenvalue weighted by molar-refractivity contribution is 0.0696. The van der Waals surface area contributed by atoms with E-state index in [2.05, 4.69) is 20.9 Å². The van der Waals surface area contributed by atoms with Gasteiger partial charge in [0.25, 0.3) is 0 Å². The minimum Gasteiger partial charge on any atom is -0.486 e. The summed E-state index contributed by atoms with van der Waals surface area (Å²) in [4.78, 5) is 15.3. The zero-order valence-electron chi connectivity index (χ0n) is 10.9. The summed E-state index contributed by atoms with van der Waals surface area (Å²) in [6, 6.07) is 10.4. The van der Waals surface area contributed by atoms with Crippen LogP contribution in [0.25, 0.3) is 5.65 Å². The van der Waals surface area contributed by atoms with Gasteiger partial charge < -0.3 is 14.2 Å². The Morgan fingerprint density at radius 1 is 1.33 bits per heavy atom. The molecule has 1 N–H and O–H groups in total. The highest BCUT2D eigenvalue weighted by Gasteiger charge is 2.08. The second-order valence-corrected chi connectivity index (χ2v) is 5.29. The second kappa shape index (κ2) is 5.57. The SMILES string of the molecule is O=C(O)c1ccc(OCc2cn3ccccc3n2)c(Br)c1. The summed E-state index contributed by atoms with van der Waals surface area (Å²) in [6.45, 7) is 0.312. The van der Waals surface area contributed by atoms with Gasteiger partial charge in [0.05, 0.1) is 15.7 Å². The van der Waals surface area contributed by atoms with Gasteiger partial charge in [0.15, 0.2) is 0 Å². The lowest BCUT2D eigenvalue weighted by Crippen LogP contribution is -1.99. The molecule has 3 aromatic rings. The van der Waals surface area contributed by atoms with Gasteiger partial charge in [-0.1, -0.05) is 6.07 Å². The van der Waals surface area contributed by atoms with E-state index in [9.17, 15) is 4.79 Å². The van der Waals surface area contributed by atoms with Gasteiger partial charge in [-0.3, -0.25) is 0 Å². The van der Waals surface area contributed by atoms with Crippen molar-refractivity contribution in [3.05, 3.63) is 64.5 Å². The van der Waals surface area contributed by atoms with Gasteiger partial charge in [0, 0.05) is 12.4 Å². The maximum atomic E-state index is 10.9. The lowest BCUT2D eigenvalue weighted by Gasteiger charge is -2.07. The van der Waals surface area contributed by atoms with Gasteiger partial charge >= 0.3 is 5.97 Å². The van der Waals surface area contributed by atoms with Crippen LogP contribution in [0.5, 0.6) is 5.75 Å². The highest BCUT2D eigenvalue weighted by Crippen LogP contribution is 2.26. The predicted octanol–water partition coefficient (Wildman–Crippen LogP) is 3.37. The Hall–Kier alpha value is -2.34.